The maximum absolute atomic E-state index is 13.0. The molecule has 0 bridgehead atoms. The third-order valence-electron chi connectivity index (χ3n) is 3.66. The van der Waals surface area contributed by atoms with E-state index < -0.39 is 11.7 Å². The van der Waals surface area contributed by atoms with Gasteiger partial charge >= 0.3 is 6.18 Å². The highest BCUT2D eigenvalue weighted by molar-refractivity contribution is 5.32. The second-order valence-corrected chi connectivity index (χ2v) is 5.20. The van der Waals surface area contributed by atoms with Crippen molar-refractivity contribution in [1.29, 1.82) is 0 Å². The van der Waals surface area contributed by atoms with Crippen molar-refractivity contribution in [3.63, 3.8) is 0 Å². The fraction of sp³-hybridized carbons (Fsp3) is 0.600. The van der Waals surface area contributed by atoms with E-state index >= 15 is 0 Å². The van der Waals surface area contributed by atoms with Gasteiger partial charge in [0.15, 0.2) is 0 Å². The number of ether oxygens (including phenoxy) is 1. The summed E-state index contributed by atoms with van der Waals surface area (Å²) in [5.74, 6) is 0. The van der Waals surface area contributed by atoms with Crippen molar-refractivity contribution in [1.82, 2.24) is 5.32 Å². The van der Waals surface area contributed by atoms with E-state index in [-0.39, 0.29) is 17.7 Å². The van der Waals surface area contributed by atoms with Crippen LogP contribution in [0, 0.1) is 0 Å². The molecular weight excluding hydrogens is 267 g/mol. The van der Waals surface area contributed by atoms with Crippen molar-refractivity contribution in [3.05, 3.63) is 35.4 Å². The van der Waals surface area contributed by atoms with Gasteiger partial charge in [-0.1, -0.05) is 18.2 Å². The van der Waals surface area contributed by atoms with E-state index in [1.54, 1.807) is 13.0 Å². The molecule has 1 aromatic carbocycles. The molecule has 1 aliphatic heterocycles. The summed E-state index contributed by atoms with van der Waals surface area (Å²) in [6.07, 6.45) is -1.03. The number of alkyl halides is 3. The van der Waals surface area contributed by atoms with Gasteiger partial charge in [0, 0.05) is 19.2 Å². The molecule has 2 atom stereocenters. The van der Waals surface area contributed by atoms with E-state index in [1.807, 2.05) is 0 Å². The van der Waals surface area contributed by atoms with Crippen LogP contribution in [-0.2, 0) is 10.9 Å². The molecule has 0 radical (unpaired) electrons. The first-order chi connectivity index (χ1) is 9.48. The van der Waals surface area contributed by atoms with Crippen LogP contribution in [0.5, 0.6) is 0 Å². The lowest BCUT2D eigenvalue weighted by Gasteiger charge is -2.26. The molecule has 0 aromatic heterocycles. The number of halogens is 3. The second kappa shape index (κ2) is 6.59. The van der Waals surface area contributed by atoms with Gasteiger partial charge in [0.2, 0.25) is 0 Å². The summed E-state index contributed by atoms with van der Waals surface area (Å²) in [6.45, 7) is 3.10. The van der Waals surface area contributed by atoms with Crippen LogP contribution in [0.2, 0.25) is 0 Å². The number of benzene rings is 1. The summed E-state index contributed by atoms with van der Waals surface area (Å²) in [4.78, 5) is 0. The minimum absolute atomic E-state index is 0.115. The van der Waals surface area contributed by atoms with Gasteiger partial charge in [-0.05, 0) is 37.8 Å². The summed E-state index contributed by atoms with van der Waals surface area (Å²) in [7, 11) is 0. The highest BCUT2D eigenvalue weighted by Crippen LogP contribution is 2.34. The molecule has 0 aliphatic carbocycles. The molecule has 0 spiro atoms. The van der Waals surface area contributed by atoms with Crippen molar-refractivity contribution in [2.45, 2.75) is 44.5 Å². The highest BCUT2D eigenvalue weighted by Gasteiger charge is 2.34. The van der Waals surface area contributed by atoms with Crippen LogP contribution in [0.3, 0.4) is 0 Å². The normalized spacial score (nSPS) is 21.7. The van der Waals surface area contributed by atoms with Crippen LogP contribution in [0.25, 0.3) is 0 Å². The van der Waals surface area contributed by atoms with Crippen LogP contribution in [0.15, 0.2) is 24.3 Å². The predicted molar refractivity (Wildman–Crippen MR) is 71.5 cm³/mol. The zero-order chi connectivity index (χ0) is 14.6. The van der Waals surface area contributed by atoms with Gasteiger partial charge in [-0.2, -0.15) is 13.2 Å². The van der Waals surface area contributed by atoms with Crippen LogP contribution in [0.4, 0.5) is 13.2 Å². The smallest absolute Gasteiger partial charge is 0.377 e. The van der Waals surface area contributed by atoms with Crippen molar-refractivity contribution in [3.8, 4) is 0 Å². The summed E-state index contributed by atoms with van der Waals surface area (Å²) >= 11 is 0. The Hall–Kier alpha value is -1.07. The van der Waals surface area contributed by atoms with E-state index in [0.29, 0.717) is 6.54 Å². The van der Waals surface area contributed by atoms with E-state index in [2.05, 4.69) is 5.32 Å². The molecule has 1 saturated heterocycles. The van der Waals surface area contributed by atoms with Crippen LogP contribution >= 0.6 is 0 Å². The molecule has 2 rings (SSSR count). The average molecular weight is 287 g/mol. The van der Waals surface area contributed by atoms with E-state index in [1.165, 1.54) is 12.1 Å². The maximum Gasteiger partial charge on any atom is 0.416 e. The molecule has 1 heterocycles. The molecule has 1 N–H and O–H groups in total. The van der Waals surface area contributed by atoms with E-state index in [4.69, 9.17) is 4.74 Å². The molecule has 5 heteroatoms. The molecule has 20 heavy (non-hydrogen) atoms. The highest BCUT2D eigenvalue weighted by atomic mass is 19.4. The number of nitrogens with one attached hydrogen (secondary N) is 1. The summed E-state index contributed by atoms with van der Waals surface area (Å²) in [5.41, 5.74) is -0.277. The third kappa shape index (κ3) is 3.96. The molecule has 2 nitrogen and oxygen atoms in total. The van der Waals surface area contributed by atoms with E-state index in [0.717, 1.165) is 31.9 Å². The van der Waals surface area contributed by atoms with Gasteiger partial charge < -0.3 is 10.1 Å². The Morgan fingerprint density at radius 2 is 2.05 bits per heavy atom. The molecule has 1 aromatic rings. The van der Waals surface area contributed by atoms with Crippen molar-refractivity contribution in [2.75, 3.05) is 13.2 Å². The zero-order valence-corrected chi connectivity index (χ0v) is 11.5. The Bertz CT molecular complexity index is 427. The monoisotopic (exact) mass is 287 g/mol. The Balaban J connectivity index is 2.00. The molecule has 0 amide bonds. The molecule has 0 saturated carbocycles. The third-order valence-corrected chi connectivity index (χ3v) is 3.66. The van der Waals surface area contributed by atoms with Gasteiger partial charge in [0.05, 0.1) is 11.7 Å². The first-order valence-corrected chi connectivity index (χ1v) is 6.99. The maximum atomic E-state index is 13.0. The quantitative estimate of drug-likeness (QED) is 0.906. The van der Waals surface area contributed by atoms with Crippen LogP contribution < -0.4 is 5.32 Å². The van der Waals surface area contributed by atoms with Gasteiger partial charge in [0.1, 0.15) is 0 Å². The Labute approximate surface area is 117 Å². The Morgan fingerprint density at radius 3 is 2.70 bits per heavy atom. The van der Waals surface area contributed by atoms with Crippen LogP contribution in [-0.4, -0.2) is 19.3 Å². The van der Waals surface area contributed by atoms with Gasteiger partial charge in [-0.15, -0.1) is 0 Å². The largest absolute Gasteiger partial charge is 0.416 e. The van der Waals surface area contributed by atoms with Crippen LogP contribution in [0.1, 0.15) is 43.4 Å². The number of hydrogen-bond acceptors (Lipinski definition) is 2. The first kappa shape index (κ1) is 15.3. The molecule has 1 aliphatic rings. The number of rotatable bonds is 4. The fourth-order valence-electron chi connectivity index (χ4n) is 2.52. The number of hydrogen-bond donors (Lipinski definition) is 1. The molecule has 2 unspecified atom stereocenters. The Morgan fingerprint density at radius 1 is 1.30 bits per heavy atom. The van der Waals surface area contributed by atoms with Crippen molar-refractivity contribution >= 4 is 0 Å². The average Bonchev–Trinajstić information content (AvgIpc) is 2.45. The second-order valence-electron chi connectivity index (χ2n) is 5.20. The van der Waals surface area contributed by atoms with Crippen molar-refractivity contribution in [2.24, 2.45) is 0 Å². The lowest BCUT2D eigenvalue weighted by atomic mass is 10.0. The Kier molecular flexibility index (Phi) is 5.05. The SMILES string of the molecule is CC(NCC1CCCCO1)c1ccccc1C(F)(F)F. The molecule has 1 fully saturated rings. The molecular formula is C15H20F3NO. The first-order valence-electron chi connectivity index (χ1n) is 6.99. The molecule has 112 valence electrons. The minimum atomic E-state index is -4.31. The lowest BCUT2D eigenvalue weighted by molar-refractivity contribution is -0.138. The zero-order valence-electron chi connectivity index (χ0n) is 11.5. The summed E-state index contributed by atoms with van der Waals surface area (Å²) < 4.78 is 44.4. The van der Waals surface area contributed by atoms with Crippen molar-refractivity contribution < 1.29 is 17.9 Å². The van der Waals surface area contributed by atoms with Gasteiger partial charge in [0.25, 0.3) is 0 Å². The topological polar surface area (TPSA) is 21.3 Å². The summed E-state index contributed by atoms with van der Waals surface area (Å²) in [6, 6.07) is 5.37. The fourth-order valence-corrected chi connectivity index (χ4v) is 2.52. The van der Waals surface area contributed by atoms with E-state index in [9.17, 15) is 13.2 Å². The standard InChI is InChI=1S/C15H20F3NO/c1-11(19-10-12-6-4-5-9-20-12)13-7-2-3-8-14(13)15(16,17)18/h2-3,7-8,11-12,19H,4-6,9-10H2,1H3. The van der Waals surface area contributed by atoms with Gasteiger partial charge in [-0.25, -0.2) is 0 Å². The predicted octanol–water partition coefficient (Wildman–Crippen LogP) is 3.93. The summed E-state index contributed by atoms with van der Waals surface area (Å²) in [5, 5.41) is 3.16. The van der Waals surface area contributed by atoms with Gasteiger partial charge in [-0.3, -0.25) is 0 Å². The minimum Gasteiger partial charge on any atom is -0.377 e. The lowest BCUT2D eigenvalue weighted by Crippen LogP contribution is -2.33.